The maximum atomic E-state index is 12.8. The molecule has 35 heavy (non-hydrogen) atoms. The van der Waals surface area contributed by atoms with Gasteiger partial charge in [0.2, 0.25) is 0 Å². The lowest BCUT2D eigenvalue weighted by molar-refractivity contribution is -0.123. The zero-order valence-corrected chi connectivity index (χ0v) is 20.4. The first-order valence-electron chi connectivity index (χ1n) is 10.9. The van der Waals surface area contributed by atoms with Crippen LogP contribution in [0.1, 0.15) is 46.2 Å². The number of hydrogen-bond donors (Lipinski definition) is 1. The maximum absolute atomic E-state index is 12.8. The van der Waals surface area contributed by atoms with Crippen molar-refractivity contribution in [1.82, 2.24) is 19.6 Å². The number of carbonyl (C=O) groups excluding carboxylic acids is 3. The van der Waals surface area contributed by atoms with Gasteiger partial charge in [0.05, 0.1) is 12.2 Å². The molecule has 1 aromatic carbocycles. The Labute approximate surface area is 204 Å². The highest BCUT2D eigenvalue weighted by Crippen LogP contribution is 2.36. The van der Waals surface area contributed by atoms with Crippen LogP contribution in [-0.4, -0.2) is 50.1 Å². The summed E-state index contributed by atoms with van der Waals surface area (Å²) in [4.78, 5) is 47.0. The predicted octanol–water partition coefficient (Wildman–Crippen LogP) is 3.83. The van der Waals surface area contributed by atoms with E-state index in [0.717, 1.165) is 21.8 Å². The Morgan fingerprint density at radius 2 is 1.83 bits per heavy atom. The Kier molecular flexibility index (Phi) is 6.87. The Hall–Kier alpha value is -4.12. The van der Waals surface area contributed by atoms with Crippen molar-refractivity contribution in [2.75, 3.05) is 11.9 Å². The molecule has 180 valence electrons. The third kappa shape index (κ3) is 5.19. The molecule has 0 radical (unpaired) electrons. The van der Waals surface area contributed by atoms with E-state index < -0.39 is 23.9 Å². The second-order valence-electron chi connectivity index (χ2n) is 7.66. The van der Waals surface area contributed by atoms with Gasteiger partial charge in [-0.2, -0.15) is 4.98 Å². The molecule has 0 spiro atoms. The fraction of sp³-hybridized carbons (Fsp3) is 0.250. The van der Waals surface area contributed by atoms with Crippen LogP contribution in [0.2, 0.25) is 0 Å². The van der Waals surface area contributed by atoms with E-state index in [-0.39, 0.29) is 23.8 Å². The number of hydrogen-bond acceptors (Lipinski definition) is 9. The van der Waals surface area contributed by atoms with E-state index in [1.54, 1.807) is 19.1 Å². The number of aromatic nitrogens is 4. The number of esters is 2. The highest BCUT2D eigenvalue weighted by atomic mass is 32.1. The van der Waals surface area contributed by atoms with Crippen LogP contribution >= 0.6 is 11.3 Å². The van der Waals surface area contributed by atoms with Crippen molar-refractivity contribution in [3.63, 3.8) is 0 Å². The van der Waals surface area contributed by atoms with Gasteiger partial charge in [-0.05, 0) is 45.4 Å². The van der Waals surface area contributed by atoms with Crippen LogP contribution in [0.5, 0.6) is 0 Å². The third-order valence-corrected chi connectivity index (χ3v) is 6.08. The summed E-state index contributed by atoms with van der Waals surface area (Å²) in [6.07, 6.45) is -1.18. The van der Waals surface area contributed by atoms with Gasteiger partial charge in [0, 0.05) is 16.3 Å². The molecule has 0 unspecified atom stereocenters. The molecule has 4 aromatic rings. The first kappa shape index (κ1) is 24.0. The van der Waals surface area contributed by atoms with Gasteiger partial charge >= 0.3 is 11.9 Å². The maximum Gasteiger partial charge on any atom is 0.379 e. The highest BCUT2D eigenvalue weighted by molar-refractivity contribution is 7.20. The first-order valence-corrected chi connectivity index (χ1v) is 11.7. The summed E-state index contributed by atoms with van der Waals surface area (Å²) in [6, 6.07) is 12.9. The van der Waals surface area contributed by atoms with Gasteiger partial charge in [-0.15, -0.1) is 16.4 Å². The minimum atomic E-state index is -1.18. The molecular weight excluding hydrogens is 470 g/mol. The van der Waals surface area contributed by atoms with Gasteiger partial charge in [-0.1, -0.05) is 30.3 Å². The quantitative estimate of drug-likeness (QED) is 0.385. The van der Waals surface area contributed by atoms with Crippen LogP contribution < -0.4 is 5.32 Å². The van der Waals surface area contributed by atoms with Crippen molar-refractivity contribution < 1.29 is 23.9 Å². The van der Waals surface area contributed by atoms with E-state index in [9.17, 15) is 14.4 Å². The van der Waals surface area contributed by atoms with Crippen LogP contribution in [0.3, 0.4) is 0 Å². The molecule has 0 aliphatic rings. The summed E-state index contributed by atoms with van der Waals surface area (Å²) in [7, 11) is 0. The first-order chi connectivity index (χ1) is 16.8. The Balaban J connectivity index is 1.51. The van der Waals surface area contributed by atoms with E-state index >= 15 is 0 Å². The summed E-state index contributed by atoms with van der Waals surface area (Å²) in [5.74, 6) is -1.98. The Morgan fingerprint density at radius 1 is 1.09 bits per heavy atom. The van der Waals surface area contributed by atoms with Gasteiger partial charge in [0.1, 0.15) is 5.00 Å². The molecule has 3 heterocycles. The zero-order valence-electron chi connectivity index (χ0n) is 19.6. The van der Waals surface area contributed by atoms with Gasteiger partial charge in [0.15, 0.2) is 6.10 Å². The monoisotopic (exact) mass is 493 g/mol. The standard InChI is InChI=1S/C24H23N5O5S/c1-5-33-22(31)17-12-18(16-9-7-6-8-10-16)35-21(17)27-20(30)15(4)34-23(32)19-26-24-25-13(2)11-14(3)29(24)28-19/h6-12,15H,5H2,1-4H3,(H,27,30)/t15-/m1/s1. The average molecular weight is 494 g/mol. The number of amides is 1. The van der Waals surface area contributed by atoms with E-state index in [4.69, 9.17) is 9.47 Å². The lowest BCUT2D eigenvalue weighted by atomic mass is 10.1. The van der Waals surface area contributed by atoms with Gasteiger partial charge < -0.3 is 14.8 Å². The molecule has 0 saturated heterocycles. The largest absolute Gasteiger partial charge is 0.462 e. The number of nitrogens with zero attached hydrogens (tertiary/aromatic N) is 4. The smallest absolute Gasteiger partial charge is 0.379 e. The molecule has 0 saturated carbocycles. The average Bonchev–Trinajstić information content (AvgIpc) is 3.44. The Bertz CT molecular complexity index is 1410. The minimum absolute atomic E-state index is 0.191. The number of nitrogens with one attached hydrogen (secondary N) is 1. The van der Waals surface area contributed by atoms with Crippen molar-refractivity contribution in [2.24, 2.45) is 0 Å². The molecule has 10 nitrogen and oxygen atoms in total. The number of rotatable bonds is 7. The number of carbonyl (C=O) groups is 3. The normalized spacial score (nSPS) is 11.8. The molecule has 1 N–H and O–H groups in total. The van der Waals surface area contributed by atoms with Gasteiger partial charge in [0.25, 0.3) is 17.5 Å². The van der Waals surface area contributed by atoms with Gasteiger partial charge in [-0.3, -0.25) is 4.79 Å². The fourth-order valence-electron chi connectivity index (χ4n) is 3.32. The summed E-state index contributed by atoms with van der Waals surface area (Å²) in [6.45, 7) is 6.94. The number of thiophene rings is 1. The van der Waals surface area contributed by atoms with Crippen LogP contribution in [0.15, 0.2) is 42.5 Å². The Morgan fingerprint density at radius 3 is 2.54 bits per heavy atom. The van der Waals surface area contributed by atoms with Gasteiger partial charge in [-0.25, -0.2) is 19.1 Å². The number of benzene rings is 1. The summed E-state index contributed by atoms with van der Waals surface area (Å²) in [5, 5.41) is 7.11. The molecule has 1 atom stereocenters. The van der Waals surface area contributed by atoms with Crippen LogP contribution in [0, 0.1) is 13.8 Å². The lowest BCUT2D eigenvalue weighted by Gasteiger charge is -2.12. The molecule has 4 rings (SSSR count). The molecule has 0 aliphatic carbocycles. The van der Waals surface area contributed by atoms with Crippen LogP contribution in [0.4, 0.5) is 5.00 Å². The molecule has 1 amide bonds. The molecular formula is C24H23N5O5S. The SMILES string of the molecule is CCOC(=O)c1cc(-c2ccccc2)sc1NC(=O)[C@@H](C)OC(=O)c1nc2nc(C)cc(C)n2n1. The molecule has 0 aliphatic heterocycles. The van der Waals surface area contributed by atoms with Crippen LogP contribution in [0.25, 0.3) is 16.2 Å². The molecule has 0 bridgehead atoms. The highest BCUT2D eigenvalue weighted by Gasteiger charge is 2.26. The van der Waals surface area contributed by atoms with E-state index in [1.165, 1.54) is 22.8 Å². The van der Waals surface area contributed by atoms with Crippen molar-refractivity contribution in [3.8, 4) is 10.4 Å². The lowest BCUT2D eigenvalue weighted by Crippen LogP contribution is -2.30. The molecule has 0 fully saturated rings. The van der Waals surface area contributed by atoms with E-state index in [1.807, 2.05) is 44.2 Å². The predicted molar refractivity (Wildman–Crippen MR) is 129 cm³/mol. The second kappa shape index (κ2) is 10.0. The van der Waals surface area contributed by atoms with E-state index in [2.05, 4.69) is 20.4 Å². The van der Waals surface area contributed by atoms with Crippen molar-refractivity contribution in [2.45, 2.75) is 33.8 Å². The number of fused-ring (bicyclic) bond motifs is 1. The summed E-state index contributed by atoms with van der Waals surface area (Å²) < 4.78 is 11.8. The minimum Gasteiger partial charge on any atom is -0.462 e. The van der Waals surface area contributed by atoms with Crippen LogP contribution in [-0.2, 0) is 14.3 Å². The molecule has 11 heteroatoms. The molecule has 3 aromatic heterocycles. The number of anilines is 1. The van der Waals surface area contributed by atoms with Crippen molar-refractivity contribution in [1.29, 1.82) is 0 Å². The van der Waals surface area contributed by atoms with Crippen molar-refractivity contribution >= 4 is 40.0 Å². The summed E-state index contributed by atoms with van der Waals surface area (Å²) >= 11 is 1.22. The number of aryl methyl sites for hydroxylation is 2. The fourth-order valence-corrected chi connectivity index (χ4v) is 4.38. The van der Waals surface area contributed by atoms with Crippen molar-refractivity contribution in [3.05, 3.63) is 65.2 Å². The third-order valence-electron chi connectivity index (χ3n) is 4.98. The summed E-state index contributed by atoms with van der Waals surface area (Å²) in [5.41, 5.74) is 2.60. The topological polar surface area (TPSA) is 125 Å². The zero-order chi connectivity index (χ0) is 25.1. The number of ether oxygens (including phenoxy) is 2. The second-order valence-corrected chi connectivity index (χ2v) is 8.72. The van der Waals surface area contributed by atoms with E-state index in [0.29, 0.717) is 5.00 Å².